The van der Waals surface area contributed by atoms with Gasteiger partial charge in [0.05, 0.1) is 19.3 Å². The zero-order chi connectivity index (χ0) is 16.5. The fraction of sp³-hybridized carbons (Fsp3) is 0.700. The summed E-state index contributed by atoms with van der Waals surface area (Å²) < 4.78 is 10.0. The van der Waals surface area contributed by atoms with Gasteiger partial charge in [-0.1, -0.05) is 57.6 Å². The van der Waals surface area contributed by atoms with Gasteiger partial charge in [0.1, 0.15) is 11.9 Å². The summed E-state index contributed by atoms with van der Waals surface area (Å²) in [6, 6.07) is 5.84. The molecule has 23 heavy (non-hydrogen) atoms. The molecule has 2 atom stereocenters. The van der Waals surface area contributed by atoms with E-state index in [4.69, 9.17) is 9.47 Å². The number of rotatable bonds is 9. The molecule has 1 aromatic rings. The highest BCUT2D eigenvalue weighted by Crippen LogP contribution is 2.38. The van der Waals surface area contributed by atoms with Gasteiger partial charge in [-0.15, -0.1) is 0 Å². The summed E-state index contributed by atoms with van der Waals surface area (Å²) in [5, 5.41) is 9.92. The van der Waals surface area contributed by atoms with E-state index in [1.807, 2.05) is 6.07 Å². The number of phenolic OH excluding ortho intramolecular Hbond substituents is 1. The van der Waals surface area contributed by atoms with Crippen LogP contribution in [0.1, 0.15) is 76.0 Å². The van der Waals surface area contributed by atoms with E-state index in [1.54, 1.807) is 6.07 Å². The second-order valence-corrected chi connectivity index (χ2v) is 6.69. The standard InChI is InChI=1S/C17H26O2.C3H6O/c1-2-3-4-5-6-7-8-10-14-11-9-12-15(18)17(14)16-13-19-16;1-3-2-4-3/h9,11-12,16,18H,2-8,10,13H2,1H3;3H,2H2,1H3. The van der Waals surface area contributed by atoms with Gasteiger partial charge in [-0.25, -0.2) is 0 Å². The molecule has 0 bridgehead atoms. The van der Waals surface area contributed by atoms with Gasteiger partial charge in [0.2, 0.25) is 0 Å². The summed E-state index contributed by atoms with van der Waals surface area (Å²) in [4.78, 5) is 0. The first kappa shape index (κ1) is 18.3. The quantitative estimate of drug-likeness (QED) is 0.505. The third kappa shape index (κ3) is 7.36. The smallest absolute Gasteiger partial charge is 0.121 e. The Morgan fingerprint density at radius 1 is 1.00 bits per heavy atom. The maximum absolute atomic E-state index is 9.92. The number of hydrogen-bond donors (Lipinski definition) is 1. The van der Waals surface area contributed by atoms with Gasteiger partial charge < -0.3 is 14.6 Å². The van der Waals surface area contributed by atoms with Crippen molar-refractivity contribution in [3.63, 3.8) is 0 Å². The lowest BCUT2D eigenvalue weighted by molar-refractivity contribution is 0.398. The molecule has 1 aromatic carbocycles. The number of ether oxygens (including phenoxy) is 2. The third-order valence-electron chi connectivity index (χ3n) is 4.38. The van der Waals surface area contributed by atoms with Crippen LogP contribution < -0.4 is 0 Å². The number of aryl methyl sites for hydroxylation is 1. The van der Waals surface area contributed by atoms with Gasteiger partial charge in [-0.2, -0.15) is 0 Å². The van der Waals surface area contributed by atoms with Crippen LogP contribution in [-0.2, 0) is 15.9 Å². The number of benzene rings is 1. The van der Waals surface area contributed by atoms with Gasteiger partial charge in [-0.05, 0) is 31.4 Å². The van der Waals surface area contributed by atoms with Gasteiger partial charge in [0.15, 0.2) is 0 Å². The summed E-state index contributed by atoms with van der Waals surface area (Å²) in [6.07, 6.45) is 11.1. The van der Waals surface area contributed by atoms with E-state index in [0.29, 0.717) is 11.9 Å². The van der Waals surface area contributed by atoms with E-state index in [-0.39, 0.29) is 6.10 Å². The largest absolute Gasteiger partial charge is 0.508 e. The average molecular weight is 320 g/mol. The van der Waals surface area contributed by atoms with E-state index in [0.717, 1.165) is 25.2 Å². The molecule has 2 fully saturated rings. The van der Waals surface area contributed by atoms with Crippen molar-refractivity contribution in [2.45, 2.75) is 77.4 Å². The van der Waals surface area contributed by atoms with Gasteiger partial charge >= 0.3 is 0 Å². The maximum atomic E-state index is 9.92. The molecule has 0 amide bonds. The molecule has 3 nitrogen and oxygen atoms in total. The highest BCUT2D eigenvalue weighted by atomic mass is 16.6. The molecule has 3 heteroatoms. The summed E-state index contributed by atoms with van der Waals surface area (Å²) >= 11 is 0. The molecule has 0 aromatic heterocycles. The monoisotopic (exact) mass is 320 g/mol. The summed E-state index contributed by atoms with van der Waals surface area (Å²) in [7, 11) is 0. The molecule has 2 aliphatic heterocycles. The van der Waals surface area contributed by atoms with Gasteiger partial charge in [0, 0.05) is 5.56 Å². The van der Waals surface area contributed by atoms with Gasteiger partial charge in [-0.3, -0.25) is 0 Å². The second kappa shape index (κ2) is 9.94. The van der Waals surface area contributed by atoms with Crippen LogP contribution in [0.25, 0.3) is 0 Å². The lowest BCUT2D eigenvalue weighted by atomic mass is 9.98. The topological polar surface area (TPSA) is 45.3 Å². The fourth-order valence-corrected chi connectivity index (χ4v) is 2.77. The van der Waals surface area contributed by atoms with Crippen LogP contribution in [0.2, 0.25) is 0 Å². The van der Waals surface area contributed by atoms with E-state index in [9.17, 15) is 5.11 Å². The minimum atomic E-state index is 0.153. The zero-order valence-corrected chi connectivity index (χ0v) is 14.7. The van der Waals surface area contributed by atoms with Crippen LogP contribution in [0.5, 0.6) is 5.75 Å². The molecular weight excluding hydrogens is 288 g/mol. The minimum absolute atomic E-state index is 0.153. The highest BCUT2D eigenvalue weighted by molar-refractivity contribution is 5.42. The Kier molecular flexibility index (Phi) is 7.90. The average Bonchev–Trinajstić information content (AvgIpc) is 3.44. The molecule has 2 unspecified atom stereocenters. The first-order valence-corrected chi connectivity index (χ1v) is 9.26. The normalized spacial score (nSPS) is 21.5. The SMILES string of the molecule is CC1CO1.CCCCCCCCCc1cccc(O)c1C1CO1. The van der Waals surface area contributed by atoms with Gasteiger partial charge in [0.25, 0.3) is 0 Å². The summed E-state index contributed by atoms with van der Waals surface area (Å²) in [5.74, 6) is 0.406. The molecule has 1 N–H and O–H groups in total. The molecule has 0 spiro atoms. The predicted octanol–water partition coefficient (Wildman–Crippen LogP) is 5.16. The van der Waals surface area contributed by atoms with Crippen LogP contribution in [0, 0.1) is 0 Å². The molecule has 3 rings (SSSR count). The van der Waals surface area contributed by atoms with Crippen molar-refractivity contribution >= 4 is 0 Å². The molecule has 0 saturated carbocycles. The number of hydrogen-bond acceptors (Lipinski definition) is 3. The Morgan fingerprint density at radius 2 is 1.61 bits per heavy atom. The van der Waals surface area contributed by atoms with Crippen LogP contribution >= 0.6 is 0 Å². The van der Waals surface area contributed by atoms with Crippen molar-refractivity contribution in [1.29, 1.82) is 0 Å². The summed E-state index contributed by atoms with van der Waals surface area (Å²) in [5.41, 5.74) is 2.31. The van der Waals surface area contributed by atoms with Crippen molar-refractivity contribution in [3.8, 4) is 5.75 Å². The van der Waals surface area contributed by atoms with Crippen molar-refractivity contribution < 1.29 is 14.6 Å². The molecular formula is C20H32O3. The maximum Gasteiger partial charge on any atom is 0.121 e. The third-order valence-corrected chi connectivity index (χ3v) is 4.38. The molecule has 2 heterocycles. The number of unbranched alkanes of at least 4 members (excludes halogenated alkanes) is 6. The van der Waals surface area contributed by atoms with Crippen molar-refractivity contribution in [3.05, 3.63) is 29.3 Å². The molecule has 130 valence electrons. The van der Waals surface area contributed by atoms with E-state index in [2.05, 4.69) is 19.9 Å². The molecule has 2 saturated heterocycles. The van der Waals surface area contributed by atoms with Crippen molar-refractivity contribution in [2.75, 3.05) is 13.2 Å². The highest BCUT2D eigenvalue weighted by Gasteiger charge is 2.29. The van der Waals surface area contributed by atoms with Crippen LogP contribution in [0.4, 0.5) is 0 Å². The van der Waals surface area contributed by atoms with Crippen LogP contribution in [0.3, 0.4) is 0 Å². The lowest BCUT2D eigenvalue weighted by Crippen LogP contribution is -1.94. The molecule has 0 radical (unpaired) electrons. The van der Waals surface area contributed by atoms with Crippen LogP contribution in [-0.4, -0.2) is 24.4 Å². The number of aromatic hydroxyl groups is 1. The molecule has 2 aliphatic rings. The Hall–Kier alpha value is -1.06. The Bertz CT molecular complexity index is 450. The van der Waals surface area contributed by atoms with E-state index < -0.39 is 0 Å². The van der Waals surface area contributed by atoms with Crippen LogP contribution in [0.15, 0.2) is 18.2 Å². The Labute approximate surface area is 141 Å². The number of epoxide rings is 2. The van der Waals surface area contributed by atoms with E-state index >= 15 is 0 Å². The molecule has 0 aliphatic carbocycles. The van der Waals surface area contributed by atoms with Crippen molar-refractivity contribution in [2.24, 2.45) is 0 Å². The minimum Gasteiger partial charge on any atom is -0.508 e. The summed E-state index contributed by atoms with van der Waals surface area (Å²) in [6.45, 7) is 6.06. The first-order valence-electron chi connectivity index (χ1n) is 9.26. The second-order valence-electron chi connectivity index (χ2n) is 6.69. The fourth-order valence-electron chi connectivity index (χ4n) is 2.77. The van der Waals surface area contributed by atoms with Crippen molar-refractivity contribution in [1.82, 2.24) is 0 Å². The van der Waals surface area contributed by atoms with E-state index in [1.165, 1.54) is 50.5 Å². The Balaban J connectivity index is 0.000000417. The lowest BCUT2D eigenvalue weighted by Gasteiger charge is -2.09. The first-order chi connectivity index (χ1) is 11.2. The predicted molar refractivity (Wildman–Crippen MR) is 93.9 cm³/mol. The number of phenols is 1. The Morgan fingerprint density at radius 3 is 2.17 bits per heavy atom. The zero-order valence-electron chi connectivity index (χ0n) is 14.7.